The van der Waals surface area contributed by atoms with E-state index in [0.717, 1.165) is 58.0 Å². The molecular weight excluding hydrogens is 492 g/mol. The van der Waals surface area contributed by atoms with Gasteiger partial charge in [0.05, 0.1) is 44.4 Å². The fourth-order valence-corrected chi connectivity index (χ4v) is 5.48. The summed E-state index contributed by atoms with van der Waals surface area (Å²) in [6.07, 6.45) is 4.70. The molecule has 7 heteroatoms. The number of hydrogen-bond acceptors (Lipinski definition) is 7. The molecule has 5 rings (SSSR count). The zero-order chi connectivity index (χ0) is 27.4. The number of carbonyl (C=O) groups is 1. The van der Waals surface area contributed by atoms with Gasteiger partial charge >= 0.3 is 5.97 Å². The van der Waals surface area contributed by atoms with Crippen LogP contribution in [-0.2, 0) is 16.2 Å². The normalized spacial score (nSPS) is 18.4. The van der Waals surface area contributed by atoms with Crippen molar-refractivity contribution in [1.82, 2.24) is 0 Å². The highest BCUT2D eigenvalue weighted by Gasteiger charge is 2.34. The summed E-state index contributed by atoms with van der Waals surface area (Å²) in [6, 6.07) is 19.9. The maximum Gasteiger partial charge on any atom is 0.337 e. The van der Waals surface area contributed by atoms with Gasteiger partial charge in [-0.3, -0.25) is 4.99 Å². The largest absolute Gasteiger partial charge is 0.493 e. The van der Waals surface area contributed by atoms with Gasteiger partial charge in [0, 0.05) is 17.0 Å². The van der Waals surface area contributed by atoms with Crippen LogP contribution in [0.5, 0.6) is 11.5 Å². The quantitative estimate of drug-likeness (QED) is 0.195. The Balaban J connectivity index is 1.34. The molecule has 2 aliphatic rings. The molecule has 39 heavy (non-hydrogen) atoms. The number of hydrogen-bond donors (Lipinski definition) is 0. The van der Waals surface area contributed by atoms with Gasteiger partial charge in [0.2, 0.25) is 0 Å². The third kappa shape index (κ3) is 5.53. The van der Waals surface area contributed by atoms with Crippen molar-refractivity contribution in [2.45, 2.75) is 51.2 Å². The highest BCUT2D eigenvalue weighted by Crippen LogP contribution is 2.44. The van der Waals surface area contributed by atoms with Gasteiger partial charge in [-0.25, -0.2) is 4.79 Å². The molecule has 0 amide bonds. The lowest BCUT2D eigenvalue weighted by atomic mass is 9.75. The maximum absolute atomic E-state index is 11.6. The van der Waals surface area contributed by atoms with E-state index in [-0.39, 0.29) is 12.0 Å². The van der Waals surface area contributed by atoms with Crippen LogP contribution in [0.4, 0.5) is 0 Å². The minimum Gasteiger partial charge on any atom is -0.493 e. The second kappa shape index (κ2) is 11.7. The monoisotopic (exact) mass is 526 g/mol. The molecule has 1 aliphatic carbocycles. The van der Waals surface area contributed by atoms with E-state index in [2.05, 4.69) is 41.6 Å². The number of fused-ring (bicyclic) bond motifs is 3. The second-order valence-corrected chi connectivity index (χ2v) is 9.95. The lowest BCUT2D eigenvalue weighted by Crippen LogP contribution is -2.29. The molecule has 3 aromatic carbocycles. The second-order valence-electron chi connectivity index (χ2n) is 9.95. The summed E-state index contributed by atoms with van der Waals surface area (Å²) >= 11 is 0. The molecule has 3 aromatic rings. The van der Waals surface area contributed by atoms with Gasteiger partial charge in [-0.1, -0.05) is 54.4 Å². The maximum atomic E-state index is 11.6. The number of nitrogens with zero attached hydrogens (tertiary/aromatic N) is 2. The summed E-state index contributed by atoms with van der Waals surface area (Å²) < 4.78 is 16.0. The molecule has 0 bridgehead atoms. The Morgan fingerprint density at radius 3 is 2.26 bits per heavy atom. The van der Waals surface area contributed by atoms with E-state index in [0.29, 0.717) is 18.1 Å². The average Bonchev–Trinajstić information content (AvgIpc) is 2.99. The number of ether oxygens (including phenoxy) is 3. The molecule has 0 aromatic heterocycles. The first-order valence-corrected chi connectivity index (χ1v) is 13.3. The lowest BCUT2D eigenvalue weighted by Gasteiger charge is -2.35. The molecule has 1 heterocycles. The smallest absolute Gasteiger partial charge is 0.337 e. The summed E-state index contributed by atoms with van der Waals surface area (Å²) in [5.41, 5.74) is 7.65. The summed E-state index contributed by atoms with van der Waals surface area (Å²) in [7, 11) is 4.72. The minimum atomic E-state index is -0.361. The lowest BCUT2D eigenvalue weighted by molar-refractivity contribution is 0.0600. The molecule has 1 saturated carbocycles. The molecule has 202 valence electrons. The molecular formula is C32H34N2O5. The van der Waals surface area contributed by atoms with Crippen molar-refractivity contribution >= 4 is 17.4 Å². The van der Waals surface area contributed by atoms with Crippen molar-refractivity contribution in [3.05, 3.63) is 94.0 Å². The third-order valence-corrected chi connectivity index (χ3v) is 7.62. The summed E-state index contributed by atoms with van der Waals surface area (Å²) in [4.78, 5) is 22.4. The molecule has 2 atom stereocenters. The minimum absolute atomic E-state index is 0.289. The zero-order valence-electron chi connectivity index (χ0n) is 22.9. The van der Waals surface area contributed by atoms with Crippen LogP contribution in [0.2, 0.25) is 0 Å². The van der Waals surface area contributed by atoms with E-state index >= 15 is 0 Å². The fourth-order valence-electron chi connectivity index (χ4n) is 5.48. The average molecular weight is 527 g/mol. The molecule has 0 unspecified atom stereocenters. The molecule has 0 radical (unpaired) electrons. The highest BCUT2D eigenvalue weighted by molar-refractivity contribution is 6.15. The summed E-state index contributed by atoms with van der Waals surface area (Å²) in [6.45, 7) is 2.23. The topological polar surface area (TPSA) is 78.7 Å². The van der Waals surface area contributed by atoms with Gasteiger partial charge in [-0.05, 0) is 60.7 Å². The summed E-state index contributed by atoms with van der Waals surface area (Å²) in [5, 5.41) is 4.30. The number of esters is 1. The summed E-state index contributed by atoms with van der Waals surface area (Å²) in [5.74, 6) is 1.54. The van der Waals surface area contributed by atoms with Crippen LogP contribution in [0.3, 0.4) is 0 Å². The van der Waals surface area contributed by atoms with Crippen LogP contribution in [0.15, 0.2) is 70.8 Å². The number of methoxy groups -OCH3 is 3. The predicted molar refractivity (Wildman–Crippen MR) is 151 cm³/mol. The van der Waals surface area contributed by atoms with Crippen molar-refractivity contribution in [2.24, 2.45) is 10.1 Å². The first-order valence-electron chi connectivity index (χ1n) is 13.3. The van der Waals surface area contributed by atoms with Gasteiger partial charge in [-0.15, -0.1) is 0 Å². The Hall–Kier alpha value is -4.13. The van der Waals surface area contributed by atoms with E-state index in [9.17, 15) is 4.79 Å². The molecule has 0 saturated heterocycles. The van der Waals surface area contributed by atoms with E-state index in [1.165, 1.54) is 25.5 Å². The van der Waals surface area contributed by atoms with E-state index in [1.54, 1.807) is 26.4 Å². The Morgan fingerprint density at radius 2 is 1.56 bits per heavy atom. The van der Waals surface area contributed by atoms with Gasteiger partial charge in [0.15, 0.2) is 11.5 Å². The third-order valence-electron chi connectivity index (χ3n) is 7.62. The van der Waals surface area contributed by atoms with Crippen LogP contribution in [0.1, 0.15) is 76.7 Å². The highest BCUT2D eigenvalue weighted by atomic mass is 16.6. The number of rotatable bonds is 8. The van der Waals surface area contributed by atoms with Gasteiger partial charge < -0.3 is 19.0 Å². The fraction of sp³-hybridized carbons (Fsp3) is 0.344. The Labute approximate surface area is 229 Å². The number of oxime groups is 1. The Bertz CT molecular complexity index is 1390. The van der Waals surface area contributed by atoms with Crippen LogP contribution >= 0.6 is 0 Å². The van der Waals surface area contributed by atoms with Crippen molar-refractivity contribution in [2.75, 3.05) is 21.3 Å². The van der Waals surface area contributed by atoms with Gasteiger partial charge in [-0.2, -0.15) is 0 Å². The van der Waals surface area contributed by atoms with Crippen LogP contribution < -0.4 is 9.47 Å². The van der Waals surface area contributed by atoms with E-state index in [4.69, 9.17) is 24.0 Å². The zero-order valence-corrected chi connectivity index (χ0v) is 22.9. The van der Waals surface area contributed by atoms with Gasteiger partial charge in [0.1, 0.15) is 6.61 Å². The number of aliphatic imine (C=N–C) groups is 1. The van der Waals surface area contributed by atoms with Gasteiger partial charge in [0.25, 0.3) is 0 Å². The SMILES string of the molecule is COC(=O)c1ccc(CON=C(C)c2ccc(C3=N[C@@H]4CCCC[C@@H]4c4cc(OC)c(OC)cc43)cc2)cc1. The first-order chi connectivity index (χ1) is 19.0. The molecule has 7 nitrogen and oxygen atoms in total. The van der Waals surface area contributed by atoms with Crippen LogP contribution in [-0.4, -0.2) is 44.8 Å². The molecule has 1 fully saturated rings. The van der Waals surface area contributed by atoms with Crippen LogP contribution in [0, 0.1) is 0 Å². The standard InChI is InChI=1S/C32H34N2O5/c1-20(34-39-19-21-9-11-24(12-10-21)32(35)38-4)22-13-15-23(16-14-22)31-27-18-30(37-3)29(36-2)17-26(27)25-7-5-6-8-28(25)33-31/h9-18,25,28H,5-8,19H2,1-4H3/t25-,28-/m1/s1. The molecule has 0 N–H and O–H groups in total. The van der Waals surface area contributed by atoms with E-state index in [1.807, 2.05) is 19.1 Å². The van der Waals surface area contributed by atoms with Crippen LogP contribution in [0.25, 0.3) is 0 Å². The number of benzene rings is 3. The van der Waals surface area contributed by atoms with Crippen molar-refractivity contribution < 1.29 is 23.8 Å². The van der Waals surface area contributed by atoms with Crippen molar-refractivity contribution in [3.63, 3.8) is 0 Å². The van der Waals surface area contributed by atoms with E-state index < -0.39 is 0 Å². The Morgan fingerprint density at radius 1 is 0.897 bits per heavy atom. The predicted octanol–water partition coefficient (Wildman–Crippen LogP) is 6.31. The van der Waals surface area contributed by atoms with Crippen molar-refractivity contribution in [1.29, 1.82) is 0 Å². The molecule has 0 spiro atoms. The molecule has 1 aliphatic heterocycles. The van der Waals surface area contributed by atoms with Crippen molar-refractivity contribution in [3.8, 4) is 11.5 Å². The number of carbonyl (C=O) groups excluding carboxylic acids is 1. The first kappa shape index (κ1) is 26.5. The Kier molecular flexibility index (Phi) is 7.96.